The Morgan fingerprint density at radius 3 is 1.40 bits per heavy atom. The third kappa shape index (κ3) is 42.3. The Hall–Kier alpha value is -3.33. The van der Waals surface area contributed by atoms with Gasteiger partial charge in [-0.25, -0.2) is 4.57 Å². The molecule has 2 atom stereocenters. The molecule has 0 heterocycles. The van der Waals surface area contributed by atoms with Gasteiger partial charge in [-0.2, -0.15) is 0 Å². The summed E-state index contributed by atoms with van der Waals surface area (Å²) >= 11 is 0. The van der Waals surface area contributed by atoms with Crippen molar-refractivity contribution in [3.63, 3.8) is 0 Å². The second kappa shape index (κ2) is 39.1. The van der Waals surface area contributed by atoms with Gasteiger partial charge >= 0.3 is 19.8 Å². The molecule has 0 spiro atoms. The van der Waals surface area contributed by atoms with E-state index in [1.54, 1.807) is 0 Å². The number of quaternary nitrogens is 1. The van der Waals surface area contributed by atoms with E-state index in [-0.39, 0.29) is 26.1 Å². The van der Waals surface area contributed by atoms with Crippen molar-refractivity contribution in [1.29, 1.82) is 0 Å². The number of phosphoric ester groups is 1. The van der Waals surface area contributed by atoms with Crippen molar-refractivity contribution in [2.75, 3.05) is 47.5 Å². The minimum absolute atomic E-state index is 0.00591. The predicted octanol–water partition coefficient (Wildman–Crippen LogP) is 12.3. The molecule has 9 nitrogen and oxygen atoms in total. The third-order valence-electron chi connectivity index (χ3n) is 8.29. The first kappa shape index (κ1) is 54.7. The van der Waals surface area contributed by atoms with Crippen molar-refractivity contribution in [2.45, 2.75) is 136 Å². The molecule has 0 aliphatic rings. The van der Waals surface area contributed by atoms with Gasteiger partial charge in [0.15, 0.2) is 6.10 Å². The Morgan fingerprint density at radius 2 is 0.966 bits per heavy atom. The molecule has 0 aliphatic carbocycles. The van der Waals surface area contributed by atoms with Gasteiger partial charge in [-0.15, -0.1) is 0 Å². The highest BCUT2D eigenvalue weighted by Gasteiger charge is 2.27. The fraction of sp³-hybridized carbons (Fsp3) is 0.583. The van der Waals surface area contributed by atoms with Crippen LogP contribution in [0.2, 0.25) is 0 Å². The number of ether oxygens (including phenoxy) is 2. The average Bonchev–Trinajstić information content (AvgIpc) is 3.17. The van der Waals surface area contributed by atoms with Gasteiger partial charge in [0, 0.05) is 12.8 Å². The fourth-order valence-corrected chi connectivity index (χ4v) is 5.66. The van der Waals surface area contributed by atoms with Crippen molar-refractivity contribution in [3.05, 3.63) is 109 Å². The van der Waals surface area contributed by atoms with Crippen LogP contribution in [0.3, 0.4) is 0 Å². The van der Waals surface area contributed by atoms with E-state index in [9.17, 15) is 19.0 Å². The Labute approximate surface area is 353 Å². The van der Waals surface area contributed by atoms with Gasteiger partial charge < -0.3 is 18.9 Å². The number of likely N-dealkylation sites (N-methyl/N-ethyl adjacent to an activating group) is 1. The van der Waals surface area contributed by atoms with E-state index in [1.165, 1.54) is 25.7 Å². The Kier molecular flexibility index (Phi) is 36.9. The van der Waals surface area contributed by atoms with Crippen LogP contribution < -0.4 is 0 Å². The monoisotopic (exact) mass is 829 g/mol. The number of allylic oxidation sites excluding steroid dienone is 18. The topological polar surface area (TPSA) is 108 Å². The summed E-state index contributed by atoms with van der Waals surface area (Å²) in [7, 11) is 1.39. The number of esters is 2. The zero-order chi connectivity index (χ0) is 42.8. The van der Waals surface area contributed by atoms with Gasteiger partial charge in [0.2, 0.25) is 0 Å². The fourth-order valence-electron chi connectivity index (χ4n) is 4.92. The predicted molar refractivity (Wildman–Crippen MR) is 242 cm³/mol. The average molecular weight is 829 g/mol. The lowest BCUT2D eigenvalue weighted by molar-refractivity contribution is -0.870. The highest BCUT2D eigenvalue weighted by atomic mass is 31.2. The van der Waals surface area contributed by atoms with E-state index in [0.29, 0.717) is 30.3 Å². The second-order valence-corrected chi connectivity index (χ2v) is 16.4. The molecule has 10 heteroatoms. The largest absolute Gasteiger partial charge is 0.472 e. The number of hydrogen-bond donors (Lipinski definition) is 1. The molecule has 0 aromatic carbocycles. The van der Waals surface area contributed by atoms with Crippen LogP contribution in [0.15, 0.2) is 109 Å². The summed E-state index contributed by atoms with van der Waals surface area (Å²) in [6.45, 7) is 4.11. The number of rotatable bonds is 37. The van der Waals surface area contributed by atoms with Gasteiger partial charge in [-0.3, -0.25) is 18.6 Å². The highest BCUT2D eigenvalue weighted by Crippen LogP contribution is 2.43. The van der Waals surface area contributed by atoms with E-state index in [2.05, 4.69) is 111 Å². The zero-order valence-electron chi connectivity index (χ0n) is 36.7. The molecule has 0 radical (unpaired) electrons. The third-order valence-corrected chi connectivity index (χ3v) is 9.27. The molecular formula is C48H79NO8P+. The van der Waals surface area contributed by atoms with Crippen molar-refractivity contribution in [3.8, 4) is 0 Å². The number of hydrogen-bond acceptors (Lipinski definition) is 7. The smallest absolute Gasteiger partial charge is 0.462 e. The molecule has 0 saturated carbocycles. The van der Waals surface area contributed by atoms with Gasteiger partial charge in [0.1, 0.15) is 19.8 Å². The Bertz CT molecular complexity index is 1350. The van der Waals surface area contributed by atoms with Crippen molar-refractivity contribution in [1.82, 2.24) is 0 Å². The van der Waals surface area contributed by atoms with Gasteiger partial charge in [0.05, 0.1) is 27.7 Å². The van der Waals surface area contributed by atoms with Crippen LogP contribution in [-0.4, -0.2) is 74.9 Å². The van der Waals surface area contributed by atoms with Crippen LogP contribution in [0, 0.1) is 0 Å². The molecule has 0 aliphatic heterocycles. The molecule has 0 aromatic heterocycles. The zero-order valence-corrected chi connectivity index (χ0v) is 37.6. The summed E-state index contributed by atoms with van der Waals surface area (Å²) in [6.07, 6.45) is 53.0. The Morgan fingerprint density at radius 1 is 0.552 bits per heavy atom. The minimum Gasteiger partial charge on any atom is -0.462 e. The number of carbonyl (C=O) groups excluding carboxylic acids is 2. The van der Waals surface area contributed by atoms with Gasteiger partial charge in [-0.1, -0.05) is 136 Å². The van der Waals surface area contributed by atoms with E-state index in [4.69, 9.17) is 18.5 Å². The molecule has 0 aromatic rings. The molecule has 0 amide bonds. The molecule has 0 rings (SSSR count). The van der Waals surface area contributed by atoms with Crippen LogP contribution in [-0.2, 0) is 32.7 Å². The number of carbonyl (C=O) groups is 2. The SMILES string of the molecule is CC/C=C/C/C=C/C/C=C/C/C=C/C/C=C/CCCC(=O)O[C@H](COC(=O)CCC/C=C/C/C=C/C/C=C/C/C=C/CCCCC)COP(=O)(O)OCC[N+](C)(C)C. The van der Waals surface area contributed by atoms with Crippen LogP contribution in [0.1, 0.15) is 129 Å². The summed E-state index contributed by atoms with van der Waals surface area (Å²) in [5.41, 5.74) is 0. The maximum Gasteiger partial charge on any atom is 0.472 e. The van der Waals surface area contributed by atoms with Crippen LogP contribution >= 0.6 is 7.82 Å². The molecular weight excluding hydrogens is 750 g/mol. The summed E-state index contributed by atoms with van der Waals surface area (Å²) in [5.74, 6) is -0.946. The summed E-state index contributed by atoms with van der Waals surface area (Å²) in [6, 6.07) is 0. The van der Waals surface area contributed by atoms with Gasteiger partial charge in [0.25, 0.3) is 0 Å². The van der Waals surface area contributed by atoms with Crippen LogP contribution in [0.25, 0.3) is 0 Å². The number of unbranched alkanes of at least 4 members (excludes halogenated alkanes) is 5. The lowest BCUT2D eigenvalue weighted by Gasteiger charge is -2.24. The van der Waals surface area contributed by atoms with E-state index in [1.807, 2.05) is 33.3 Å². The quantitative estimate of drug-likeness (QED) is 0.0217. The maximum atomic E-state index is 12.7. The van der Waals surface area contributed by atoms with Crippen molar-refractivity contribution >= 4 is 19.8 Å². The van der Waals surface area contributed by atoms with E-state index >= 15 is 0 Å². The van der Waals surface area contributed by atoms with Crippen molar-refractivity contribution in [2.24, 2.45) is 0 Å². The standard InChI is InChI=1S/C48H78NO8P/c1-6-8-10-12-14-16-18-20-22-24-26-28-30-32-34-36-38-40-47(50)54-44-46(45-56-58(52,53)55-43-42-49(3,4)5)57-48(51)41-39-37-35-33-31-29-27-25-23-21-19-17-15-13-11-9-7-2/h9,11,14-17,20-23,26-29,32-35,46H,6-8,10,12-13,18-19,24-25,30-31,36-45H2,1-5H3/p+1/b11-9+,16-14+,17-15+,22-20+,23-21+,28-26+,29-27+,34-32+,35-33+/t46-/m1/s1. The van der Waals surface area contributed by atoms with Gasteiger partial charge in [-0.05, 0) is 89.9 Å². The van der Waals surface area contributed by atoms with E-state index in [0.717, 1.165) is 57.8 Å². The molecule has 1 N–H and O–H groups in total. The van der Waals surface area contributed by atoms with Crippen LogP contribution in [0.4, 0.5) is 0 Å². The molecule has 328 valence electrons. The summed E-state index contributed by atoms with van der Waals surface area (Å²) in [4.78, 5) is 35.3. The Balaban J connectivity index is 4.59. The normalized spacial score (nSPS) is 14.7. The maximum absolute atomic E-state index is 12.7. The second-order valence-electron chi connectivity index (χ2n) is 15.0. The molecule has 0 fully saturated rings. The van der Waals surface area contributed by atoms with Crippen LogP contribution in [0.5, 0.6) is 0 Å². The first-order valence-corrected chi connectivity index (χ1v) is 23.1. The summed E-state index contributed by atoms with van der Waals surface area (Å²) in [5, 5.41) is 0. The molecule has 0 saturated heterocycles. The molecule has 1 unspecified atom stereocenters. The first-order valence-electron chi connectivity index (χ1n) is 21.6. The lowest BCUT2D eigenvalue weighted by atomic mass is 10.2. The van der Waals surface area contributed by atoms with Crippen molar-refractivity contribution < 1.29 is 42.1 Å². The lowest BCUT2D eigenvalue weighted by Crippen LogP contribution is -2.37. The molecule has 58 heavy (non-hydrogen) atoms. The highest BCUT2D eigenvalue weighted by molar-refractivity contribution is 7.47. The number of phosphoric acid groups is 1. The first-order chi connectivity index (χ1) is 28.0. The molecule has 0 bridgehead atoms. The van der Waals surface area contributed by atoms with E-state index < -0.39 is 32.5 Å². The summed E-state index contributed by atoms with van der Waals surface area (Å²) < 4.78 is 34.1. The minimum atomic E-state index is -4.41. The number of nitrogens with zero attached hydrogens (tertiary/aromatic N) is 1.